The highest BCUT2D eigenvalue weighted by atomic mass is 19.1. The molecular weight excluding hydrogens is 343 g/mol. The summed E-state index contributed by atoms with van der Waals surface area (Å²) in [6.07, 6.45) is 6.08. The normalized spacial score (nSPS) is 11.8. The van der Waals surface area contributed by atoms with Crippen LogP contribution < -0.4 is 5.32 Å². The number of benzene rings is 1. The SMILES string of the molecule is CNC(=O)c1cc(Cc2cnccn2)nc(C[C@@H](C)c2ccc(F)cc2)c1. The van der Waals surface area contributed by atoms with E-state index in [1.807, 2.05) is 0 Å². The highest BCUT2D eigenvalue weighted by Gasteiger charge is 2.13. The van der Waals surface area contributed by atoms with E-state index < -0.39 is 0 Å². The summed E-state index contributed by atoms with van der Waals surface area (Å²) in [6, 6.07) is 10.1. The summed E-state index contributed by atoms with van der Waals surface area (Å²) in [5.74, 6) is -0.271. The summed E-state index contributed by atoms with van der Waals surface area (Å²) in [5.41, 5.74) is 3.95. The summed E-state index contributed by atoms with van der Waals surface area (Å²) in [7, 11) is 1.60. The van der Waals surface area contributed by atoms with Gasteiger partial charge in [0.25, 0.3) is 5.91 Å². The monoisotopic (exact) mass is 364 g/mol. The van der Waals surface area contributed by atoms with Crippen LogP contribution in [0.25, 0.3) is 0 Å². The van der Waals surface area contributed by atoms with E-state index in [0.717, 1.165) is 22.6 Å². The third-order valence-electron chi connectivity index (χ3n) is 4.35. The van der Waals surface area contributed by atoms with Crippen molar-refractivity contribution in [3.63, 3.8) is 0 Å². The topological polar surface area (TPSA) is 67.8 Å². The lowest BCUT2D eigenvalue weighted by Crippen LogP contribution is -2.19. The highest BCUT2D eigenvalue weighted by molar-refractivity contribution is 5.94. The van der Waals surface area contributed by atoms with Gasteiger partial charge in [-0.15, -0.1) is 0 Å². The molecule has 138 valence electrons. The molecule has 0 radical (unpaired) electrons. The number of aromatic nitrogens is 3. The highest BCUT2D eigenvalue weighted by Crippen LogP contribution is 2.21. The molecule has 2 heterocycles. The number of rotatable bonds is 6. The molecule has 5 nitrogen and oxygen atoms in total. The van der Waals surface area contributed by atoms with Gasteiger partial charge in [-0.2, -0.15) is 0 Å². The minimum Gasteiger partial charge on any atom is -0.355 e. The molecule has 2 aromatic heterocycles. The fourth-order valence-corrected chi connectivity index (χ4v) is 2.95. The molecule has 27 heavy (non-hydrogen) atoms. The van der Waals surface area contributed by atoms with Crippen LogP contribution in [0.3, 0.4) is 0 Å². The molecule has 0 aliphatic rings. The van der Waals surface area contributed by atoms with Crippen molar-refractivity contribution in [1.82, 2.24) is 20.3 Å². The quantitative estimate of drug-likeness (QED) is 0.729. The first-order valence-corrected chi connectivity index (χ1v) is 8.77. The number of carbonyl (C=O) groups excluding carboxylic acids is 1. The average Bonchev–Trinajstić information content (AvgIpc) is 2.68. The predicted molar refractivity (Wildman–Crippen MR) is 101 cm³/mol. The lowest BCUT2D eigenvalue weighted by molar-refractivity contribution is 0.0962. The van der Waals surface area contributed by atoms with Crippen LogP contribution in [0.1, 0.15) is 45.8 Å². The minimum absolute atomic E-state index is 0.141. The zero-order chi connectivity index (χ0) is 19.2. The lowest BCUT2D eigenvalue weighted by atomic mass is 9.95. The van der Waals surface area contributed by atoms with Gasteiger partial charge < -0.3 is 5.32 Å². The third-order valence-corrected chi connectivity index (χ3v) is 4.35. The smallest absolute Gasteiger partial charge is 0.251 e. The van der Waals surface area contributed by atoms with Crippen LogP contribution >= 0.6 is 0 Å². The molecule has 0 aliphatic heterocycles. The predicted octanol–water partition coefficient (Wildman–Crippen LogP) is 3.31. The Bertz CT molecular complexity index is 913. The summed E-state index contributed by atoms with van der Waals surface area (Å²) >= 11 is 0. The van der Waals surface area contributed by atoms with Gasteiger partial charge in [-0.05, 0) is 42.2 Å². The van der Waals surface area contributed by atoms with E-state index in [-0.39, 0.29) is 17.6 Å². The van der Waals surface area contributed by atoms with Gasteiger partial charge in [0.2, 0.25) is 0 Å². The Hall–Kier alpha value is -3.15. The molecule has 0 aliphatic carbocycles. The molecule has 3 aromatic rings. The average molecular weight is 364 g/mol. The van der Waals surface area contributed by atoms with Crippen molar-refractivity contribution < 1.29 is 9.18 Å². The van der Waals surface area contributed by atoms with Gasteiger partial charge in [0, 0.05) is 49.0 Å². The number of amides is 1. The second kappa shape index (κ2) is 8.49. The van der Waals surface area contributed by atoms with Gasteiger partial charge in [0.1, 0.15) is 5.82 Å². The molecule has 0 spiro atoms. The van der Waals surface area contributed by atoms with Crippen LogP contribution in [0.15, 0.2) is 55.0 Å². The van der Waals surface area contributed by atoms with Gasteiger partial charge in [-0.1, -0.05) is 19.1 Å². The molecule has 0 bridgehead atoms. The van der Waals surface area contributed by atoms with Crippen LogP contribution in [0.4, 0.5) is 4.39 Å². The maximum atomic E-state index is 13.1. The Balaban J connectivity index is 1.87. The fraction of sp³-hybridized carbons (Fsp3) is 0.238. The Labute approximate surface area is 157 Å². The van der Waals surface area contributed by atoms with E-state index in [9.17, 15) is 9.18 Å². The zero-order valence-electron chi connectivity index (χ0n) is 15.3. The molecule has 1 aromatic carbocycles. The maximum absolute atomic E-state index is 13.1. The van der Waals surface area contributed by atoms with Crippen molar-refractivity contribution in [2.45, 2.75) is 25.7 Å². The van der Waals surface area contributed by atoms with Crippen molar-refractivity contribution in [2.24, 2.45) is 0 Å². The van der Waals surface area contributed by atoms with Crippen molar-refractivity contribution in [3.05, 3.63) is 89.0 Å². The molecule has 0 unspecified atom stereocenters. The van der Waals surface area contributed by atoms with E-state index >= 15 is 0 Å². The van der Waals surface area contributed by atoms with Crippen LogP contribution in [-0.2, 0) is 12.8 Å². The van der Waals surface area contributed by atoms with Gasteiger partial charge in [-0.25, -0.2) is 4.39 Å². The van der Waals surface area contributed by atoms with Gasteiger partial charge in [-0.3, -0.25) is 19.7 Å². The van der Waals surface area contributed by atoms with Crippen LogP contribution in [-0.4, -0.2) is 27.9 Å². The first-order chi connectivity index (χ1) is 13.0. The second-order valence-corrected chi connectivity index (χ2v) is 6.45. The number of hydrogen-bond acceptors (Lipinski definition) is 4. The lowest BCUT2D eigenvalue weighted by Gasteiger charge is -2.14. The van der Waals surface area contributed by atoms with Crippen molar-refractivity contribution >= 4 is 5.91 Å². The third kappa shape index (κ3) is 4.94. The molecule has 0 fully saturated rings. The Kier molecular flexibility index (Phi) is 5.86. The summed E-state index contributed by atoms with van der Waals surface area (Å²) in [6.45, 7) is 2.06. The summed E-state index contributed by atoms with van der Waals surface area (Å²) < 4.78 is 13.1. The standard InChI is InChI=1S/C21H21FN4O/c1-14(15-3-5-17(22)6-4-15)9-18-10-16(21(27)23-2)11-19(26-18)12-20-13-24-7-8-25-20/h3-8,10-11,13-14H,9,12H2,1-2H3,(H,23,27)/t14-/m1/s1. The summed E-state index contributed by atoms with van der Waals surface area (Å²) in [4.78, 5) is 25.2. The molecule has 3 rings (SSSR count). The van der Waals surface area contributed by atoms with Crippen molar-refractivity contribution in [1.29, 1.82) is 0 Å². The molecule has 1 atom stereocenters. The van der Waals surface area contributed by atoms with E-state index in [2.05, 4.69) is 22.2 Å². The number of nitrogens with one attached hydrogen (secondary N) is 1. The molecule has 0 saturated heterocycles. The van der Waals surface area contributed by atoms with Gasteiger partial charge in [0.15, 0.2) is 0 Å². The van der Waals surface area contributed by atoms with Crippen LogP contribution in [0.5, 0.6) is 0 Å². The van der Waals surface area contributed by atoms with Crippen LogP contribution in [0.2, 0.25) is 0 Å². The van der Waals surface area contributed by atoms with Crippen molar-refractivity contribution in [3.8, 4) is 0 Å². The Morgan fingerprint density at radius 3 is 2.52 bits per heavy atom. The summed E-state index contributed by atoms with van der Waals surface area (Å²) in [5, 5.41) is 2.65. The van der Waals surface area contributed by atoms with E-state index in [1.54, 1.807) is 49.9 Å². The van der Waals surface area contributed by atoms with E-state index in [4.69, 9.17) is 4.98 Å². The number of nitrogens with zero attached hydrogens (tertiary/aromatic N) is 3. The number of carbonyl (C=O) groups is 1. The largest absolute Gasteiger partial charge is 0.355 e. The molecule has 1 amide bonds. The van der Waals surface area contributed by atoms with Crippen LogP contribution in [0, 0.1) is 5.82 Å². The molecular formula is C21H21FN4O. The molecule has 6 heteroatoms. The minimum atomic E-state index is -0.253. The molecule has 0 saturated carbocycles. The second-order valence-electron chi connectivity index (χ2n) is 6.45. The number of hydrogen-bond donors (Lipinski definition) is 1. The van der Waals surface area contributed by atoms with Gasteiger partial charge in [0.05, 0.1) is 5.69 Å². The van der Waals surface area contributed by atoms with Crippen molar-refractivity contribution in [2.75, 3.05) is 7.05 Å². The number of halogens is 1. The Morgan fingerprint density at radius 2 is 1.85 bits per heavy atom. The maximum Gasteiger partial charge on any atom is 0.251 e. The van der Waals surface area contributed by atoms with Gasteiger partial charge >= 0.3 is 0 Å². The van der Waals surface area contributed by atoms with E-state index in [1.165, 1.54) is 12.1 Å². The zero-order valence-corrected chi connectivity index (χ0v) is 15.3. The van der Waals surface area contributed by atoms with E-state index in [0.29, 0.717) is 18.4 Å². The fourth-order valence-electron chi connectivity index (χ4n) is 2.95. The number of pyridine rings is 1. The first-order valence-electron chi connectivity index (χ1n) is 8.77. The Morgan fingerprint density at radius 1 is 1.11 bits per heavy atom. The molecule has 1 N–H and O–H groups in total. The first kappa shape index (κ1) is 18.6.